The summed E-state index contributed by atoms with van der Waals surface area (Å²) < 4.78 is 13.2. The summed E-state index contributed by atoms with van der Waals surface area (Å²) in [7, 11) is 0. The van der Waals surface area contributed by atoms with E-state index in [-0.39, 0.29) is 5.82 Å². The largest absolute Gasteiger partial charge is 0.248 e. The molecule has 18 heavy (non-hydrogen) atoms. The van der Waals surface area contributed by atoms with E-state index >= 15 is 0 Å². The molecule has 0 amide bonds. The zero-order valence-corrected chi connectivity index (χ0v) is 10.2. The molecule has 1 nitrogen and oxygen atoms in total. The first kappa shape index (κ1) is 11.2. The number of aromatic nitrogens is 1. The molecule has 3 aromatic rings. The van der Waals surface area contributed by atoms with Crippen molar-refractivity contribution in [2.45, 2.75) is 0 Å². The van der Waals surface area contributed by atoms with Gasteiger partial charge in [0.1, 0.15) is 5.82 Å². The van der Waals surface area contributed by atoms with Crippen LogP contribution in [0.5, 0.6) is 0 Å². The minimum Gasteiger partial charge on any atom is -0.248 e. The Hall–Kier alpha value is -1.93. The minimum absolute atomic E-state index is 0.309. The standard InChI is InChI=1S/C15H9ClFN/c16-13-9-14(10-4-2-1-3-5-10)18-15-8-11(17)6-7-12(13)15/h1-9H. The van der Waals surface area contributed by atoms with Gasteiger partial charge in [-0.15, -0.1) is 0 Å². The van der Waals surface area contributed by atoms with Gasteiger partial charge in [-0.05, 0) is 18.2 Å². The predicted molar refractivity (Wildman–Crippen MR) is 72.1 cm³/mol. The zero-order chi connectivity index (χ0) is 12.5. The summed E-state index contributed by atoms with van der Waals surface area (Å²) in [6, 6.07) is 15.9. The highest BCUT2D eigenvalue weighted by Crippen LogP contribution is 2.28. The number of rotatable bonds is 1. The van der Waals surface area contributed by atoms with E-state index in [4.69, 9.17) is 11.6 Å². The molecular weight excluding hydrogens is 249 g/mol. The molecule has 0 saturated carbocycles. The van der Waals surface area contributed by atoms with Gasteiger partial charge >= 0.3 is 0 Å². The summed E-state index contributed by atoms with van der Waals surface area (Å²) in [5.74, 6) is -0.309. The van der Waals surface area contributed by atoms with Crippen LogP contribution in [0.3, 0.4) is 0 Å². The second kappa shape index (κ2) is 4.39. The fourth-order valence-corrected chi connectivity index (χ4v) is 2.18. The predicted octanol–water partition coefficient (Wildman–Crippen LogP) is 4.69. The molecule has 2 aromatic carbocycles. The first-order valence-electron chi connectivity index (χ1n) is 5.55. The Kier molecular flexibility index (Phi) is 2.73. The van der Waals surface area contributed by atoms with Crippen LogP contribution in [0.1, 0.15) is 0 Å². The molecular formula is C15H9ClFN. The van der Waals surface area contributed by atoms with E-state index in [1.54, 1.807) is 12.1 Å². The van der Waals surface area contributed by atoms with Crippen molar-refractivity contribution in [1.29, 1.82) is 0 Å². The van der Waals surface area contributed by atoms with Crippen molar-refractivity contribution in [3.8, 4) is 11.3 Å². The number of benzene rings is 2. The van der Waals surface area contributed by atoms with Gasteiger partial charge < -0.3 is 0 Å². The monoisotopic (exact) mass is 257 g/mol. The van der Waals surface area contributed by atoms with Crippen molar-refractivity contribution in [3.63, 3.8) is 0 Å². The molecule has 0 fully saturated rings. The van der Waals surface area contributed by atoms with E-state index < -0.39 is 0 Å². The molecule has 88 valence electrons. The number of fused-ring (bicyclic) bond motifs is 1. The van der Waals surface area contributed by atoms with Crippen molar-refractivity contribution in [3.05, 3.63) is 65.4 Å². The van der Waals surface area contributed by atoms with Gasteiger partial charge in [0, 0.05) is 17.0 Å². The van der Waals surface area contributed by atoms with E-state index in [0.29, 0.717) is 10.5 Å². The molecule has 1 heterocycles. The second-order valence-electron chi connectivity index (χ2n) is 4.02. The van der Waals surface area contributed by atoms with Crippen LogP contribution in [0.15, 0.2) is 54.6 Å². The van der Waals surface area contributed by atoms with E-state index in [0.717, 1.165) is 16.6 Å². The lowest BCUT2D eigenvalue weighted by Gasteiger charge is -2.05. The molecule has 3 heteroatoms. The molecule has 0 saturated heterocycles. The third kappa shape index (κ3) is 1.95. The normalized spacial score (nSPS) is 10.8. The molecule has 1 aromatic heterocycles. The van der Waals surface area contributed by atoms with Crippen molar-refractivity contribution in [2.75, 3.05) is 0 Å². The summed E-state index contributed by atoms with van der Waals surface area (Å²) in [6.45, 7) is 0. The Labute approximate surface area is 109 Å². The van der Waals surface area contributed by atoms with E-state index in [1.807, 2.05) is 30.3 Å². The number of halogens is 2. The maximum absolute atomic E-state index is 13.2. The fourth-order valence-electron chi connectivity index (χ4n) is 1.92. The first-order chi connectivity index (χ1) is 8.74. The van der Waals surface area contributed by atoms with Crippen molar-refractivity contribution < 1.29 is 4.39 Å². The SMILES string of the molecule is Fc1ccc2c(Cl)cc(-c3ccccc3)nc2c1. The van der Waals surface area contributed by atoms with Crippen LogP contribution in [0, 0.1) is 5.82 Å². The van der Waals surface area contributed by atoms with Crippen LogP contribution in [0.25, 0.3) is 22.2 Å². The third-order valence-electron chi connectivity index (χ3n) is 2.79. The smallest absolute Gasteiger partial charge is 0.125 e. The molecule has 0 aliphatic heterocycles. The third-order valence-corrected chi connectivity index (χ3v) is 3.10. The highest BCUT2D eigenvalue weighted by atomic mass is 35.5. The second-order valence-corrected chi connectivity index (χ2v) is 4.42. The highest BCUT2D eigenvalue weighted by molar-refractivity contribution is 6.35. The minimum atomic E-state index is -0.309. The Morgan fingerprint density at radius 2 is 1.72 bits per heavy atom. The maximum Gasteiger partial charge on any atom is 0.125 e. The quantitative estimate of drug-likeness (QED) is 0.616. The van der Waals surface area contributed by atoms with Crippen LogP contribution < -0.4 is 0 Å². The Bertz CT molecular complexity index is 710. The van der Waals surface area contributed by atoms with E-state index in [1.165, 1.54) is 12.1 Å². The number of hydrogen-bond donors (Lipinski definition) is 0. The summed E-state index contributed by atoms with van der Waals surface area (Å²) in [5.41, 5.74) is 2.28. The van der Waals surface area contributed by atoms with Crippen molar-refractivity contribution >= 4 is 22.5 Å². The molecule has 0 aliphatic carbocycles. The lowest BCUT2D eigenvalue weighted by atomic mass is 10.1. The Morgan fingerprint density at radius 3 is 2.50 bits per heavy atom. The van der Waals surface area contributed by atoms with Gasteiger partial charge in [-0.1, -0.05) is 41.9 Å². The average molecular weight is 258 g/mol. The topological polar surface area (TPSA) is 12.9 Å². The molecule has 0 spiro atoms. The molecule has 0 atom stereocenters. The van der Waals surface area contributed by atoms with Gasteiger partial charge in [0.25, 0.3) is 0 Å². The Morgan fingerprint density at radius 1 is 0.944 bits per heavy atom. The molecule has 0 aliphatic rings. The van der Waals surface area contributed by atoms with Crippen LogP contribution in [-0.2, 0) is 0 Å². The number of hydrogen-bond acceptors (Lipinski definition) is 1. The molecule has 0 radical (unpaired) electrons. The van der Waals surface area contributed by atoms with Crippen molar-refractivity contribution in [2.24, 2.45) is 0 Å². The fraction of sp³-hybridized carbons (Fsp3) is 0. The van der Waals surface area contributed by atoms with Crippen molar-refractivity contribution in [1.82, 2.24) is 4.98 Å². The van der Waals surface area contributed by atoms with Gasteiger partial charge in [0.2, 0.25) is 0 Å². The van der Waals surface area contributed by atoms with Crippen LogP contribution in [0.4, 0.5) is 4.39 Å². The zero-order valence-electron chi connectivity index (χ0n) is 9.40. The van der Waals surface area contributed by atoms with Gasteiger partial charge in [-0.25, -0.2) is 9.37 Å². The summed E-state index contributed by atoms with van der Waals surface area (Å²) in [5, 5.41) is 1.34. The van der Waals surface area contributed by atoms with Crippen LogP contribution >= 0.6 is 11.6 Å². The van der Waals surface area contributed by atoms with Gasteiger partial charge in [0.05, 0.1) is 16.2 Å². The summed E-state index contributed by atoms with van der Waals surface area (Å²) >= 11 is 6.20. The first-order valence-corrected chi connectivity index (χ1v) is 5.93. The maximum atomic E-state index is 13.2. The molecule has 0 unspecified atom stereocenters. The van der Waals surface area contributed by atoms with Gasteiger partial charge in [-0.3, -0.25) is 0 Å². The van der Waals surface area contributed by atoms with Crippen LogP contribution in [0.2, 0.25) is 5.02 Å². The summed E-state index contributed by atoms with van der Waals surface area (Å²) in [4.78, 5) is 4.44. The van der Waals surface area contributed by atoms with Crippen LogP contribution in [-0.4, -0.2) is 4.98 Å². The van der Waals surface area contributed by atoms with E-state index in [9.17, 15) is 4.39 Å². The lowest BCUT2D eigenvalue weighted by molar-refractivity contribution is 0.629. The van der Waals surface area contributed by atoms with Gasteiger partial charge in [0.15, 0.2) is 0 Å². The number of pyridine rings is 1. The number of nitrogens with zero attached hydrogens (tertiary/aromatic N) is 1. The molecule has 3 rings (SSSR count). The lowest BCUT2D eigenvalue weighted by Crippen LogP contribution is -1.87. The van der Waals surface area contributed by atoms with Gasteiger partial charge in [-0.2, -0.15) is 0 Å². The van der Waals surface area contributed by atoms with E-state index in [2.05, 4.69) is 4.98 Å². The molecule has 0 N–H and O–H groups in total. The average Bonchev–Trinajstić information content (AvgIpc) is 2.39. The Balaban J connectivity index is 2.27. The summed E-state index contributed by atoms with van der Waals surface area (Å²) in [6.07, 6.45) is 0. The molecule has 0 bridgehead atoms. The highest BCUT2D eigenvalue weighted by Gasteiger charge is 2.06.